The smallest absolute Gasteiger partial charge is 0.264 e. The van der Waals surface area contributed by atoms with Gasteiger partial charge in [0.2, 0.25) is 0 Å². The Hall–Kier alpha value is -3.65. The van der Waals surface area contributed by atoms with Crippen LogP contribution in [0.5, 0.6) is 0 Å². The molecule has 0 spiro atoms. The average Bonchev–Trinajstić information content (AvgIpc) is 3.49. The number of carbonyl (C=O) groups is 1. The van der Waals surface area contributed by atoms with Gasteiger partial charge in [0.1, 0.15) is 0 Å². The van der Waals surface area contributed by atoms with Crippen molar-refractivity contribution in [2.45, 2.75) is 44.3 Å². The monoisotopic (exact) mass is 587 g/mol. The molecule has 1 saturated heterocycles. The predicted octanol–water partition coefficient (Wildman–Crippen LogP) is 6.57. The summed E-state index contributed by atoms with van der Waals surface area (Å²) in [5.41, 5.74) is 4.54. The second-order valence-corrected chi connectivity index (χ2v) is 12.7. The first kappa shape index (κ1) is 28.9. The quantitative estimate of drug-likeness (QED) is 0.228. The van der Waals surface area contributed by atoms with Crippen LogP contribution in [0.1, 0.15) is 45.5 Å². The molecule has 1 heterocycles. The number of benzene rings is 4. The summed E-state index contributed by atoms with van der Waals surface area (Å²) in [5.74, 6) is -0.336. The topological polar surface area (TPSA) is 69.7 Å². The minimum atomic E-state index is -4.01. The molecular weight excluding hydrogens is 554 g/mol. The summed E-state index contributed by atoms with van der Waals surface area (Å²) in [6.07, 6.45) is 2.43. The Morgan fingerprint density at radius 1 is 0.854 bits per heavy atom. The van der Waals surface area contributed by atoms with E-state index in [1.165, 1.54) is 22.7 Å². The van der Waals surface area contributed by atoms with Gasteiger partial charge in [0.05, 0.1) is 22.7 Å². The van der Waals surface area contributed by atoms with E-state index in [0.29, 0.717) is 17.3 Å². The predicted molar refractivity (Wildman–Crippen MR) is 165 cm³/mol. The van der Waals surface area contributed by atoms with Gasteiger partial charge in [-0.15, -0.1) is 0 Å². The number of nitrogens with zero attached hydrogens (tertiary/aromatic N) is 2. The van der Waals surface area contributed by atoms with Crippen LogP contribution in [-0.2, 0) is 29.7 Å². The molecule has 0 atom stereocenters. The number of hydrogen-bond acceptors (Lipinski definition) is 4. The van der Waals surface area contributed by atoms with E-state index in [4.69, 9.17) is 11.6 Å². The number of aryl methyl sites for hydroxylation is 1. The fourth-order valence-electron chi connectivity index (χ4n) is 5.11. The highest BCUT2D eigenvalue weighted by Gasteiger charge is 2.28. The Labute approximate surface area is 247 Å². The Morgan fingerprint density at radius 2 is 1.49 bits per heavy atom. The number of halogens is 1. The van der Waals surface area contributed by atoms with Gasteiger partial charge in [-0.2, -0.15) is 0 Å². The van der Waals surface area contributed by atoms with Crippen molar-refractivity contribution in [1.82, 2.24) is 10.2 Å². The van der Waals surface area contributed by atoms with Crippen molar-refractivity contribution in [2.24, 2.45) is 0 Å². The number of amides is 1. The molecule has 4 aromatic rings. The standard InChI is InChI=1S/C33H34ClN3O3S/c1-25-12-18-30(19-13-25)41(39,40)37(23-26-14-16-29(34)17-15-26)32-11-5-4-10-31(32)33(38)35-22-27-8-2-3-9-28(27)24-36-20-6-7-21-36/h2-5,8-19H,6-7,20-24H2,1H3,(H,35,38). The highest BCUT2D eigenvalue weighted by molar-refractivity contribution is 7.92. The van der Waals surface area contributed by atoms with Crippen LogP contribution in [0.4, 0.5) is 5.69 Å². The van der Waals surface area contributed by atoms with Crippen LogP contribution in [-0.4, -0.2) is 32.3 Å². The van der Waals surface area contributed by atoms with Crippen molar-refractivity contribution >= 4 is 33.2 Å². The van der Waals surface area contributed by atoms with Crippen LogP contribution in [0.15, 0.2) is 102 Å². The second-order valence-electron chi connectivity index (χ2n) is 10.4. The molecule has 1 fully saturated rings. The van der Waals surface area contributed by atoms with Crippen LogP contribution in [0.25, 0.3) is 0 Å². The first-order chi connectivity index (χ1) is 19.8. The number of hydrogen-bond donors (Lipinski definition) is 1. The Morgan fingerprint density at radius 3 is 2.20 bits per heavy atom. The molecule has 0 radical (unpaired) electrons. The van der Waals surface area contributed by atoms with Crippen molar-refractivity contribution in [3.8, 4) is 0 Å². The van der Waals surface area contributed by atoms with Crippen LogP contribution in [0.3, 0.4) is 0 Å². The normalized spacial score (nSPS) is 13.7. The van der Waals surface area contributed by atoms with E-state index in [2.05, 4.69) is 16.3 Å². The molecule has 0 unspecified atom stereocenters. The highest BCUT2D eigenvalue weighted by atomic mass is 35.5. The van der Waals surface area contributed by atoms with Gasteiger partial charge in [0.15, 0.2) is 0 Å². The van der Waals surface area contributed by atoms with E-state index in [1.807, 2.05) is 25.1 Å². The van der Waals surface area contributed by atoms with Crippen LogP contribution < -0.4 is 9.62 Å². The molecule has 5 rings (SSSR count). The molecule has 1 N–H and O–H groups in total. The summed E-state index contributed by atoms with van der Waals surface area (Å²) in [5, 5.41) is 3.61. The van der Waals surface area contributed by atoms with Crippen LogP contribution >= 0.6 is 11.6 Å². The SMILES string of the molecule is Cc1ccc(S(=O)(=O)N(Cc2ccc(Cl)cc2)c2ccccc2C(=O)NCc2ccccc2CN2CCCC2)cc1. The minimum Gasteiger partial charge on any atom is -0.348 e. The maximum atomic E-state index is 14.0. The first-order valence-electron chi connectivity index (χ1n) is 13.8. The zero-order valence-electron chi connectivity index (χ0n) is 23.1. The highest BCUT2D eigenvalue weighted by Crippen LogP contribution is 2.30. The van der Waals surface area contributed by atoms with Crippen molar-refractivity contribution in [3.05, 3.63) is 130 Å². The summed E-state index contributed by atoms with van der Waals surface area (Å²) in [6.45, 7) is 5.33. The van der Waals surface area contributed by atoms with Gasteiger partial charge in [0.25, 0.3) is 15.9 Å². The lowest BCUT2D eigenvalue weighted by atomic mass is 10.1. The Kier molecular flexibility index (Phi) is 9.08. The fourth-order valence-corrected chi connectivity index (χ4v) is 6.71. The molecule has 0 aliphatic carbocycles. The van der Waals surface area contributed by atoms with E-state index in [9.17, 15) is 13.2 Å². The number of sulfonamides is 1. The van der Waals surface area contributed by atoms with E-state index >= 15 is 0 Å². The first-order valence-corrected chi connectivity index (χ1v) is 15.6. The zero-order valence-corrected chi connectivity index (χ0v) is 24.7. The zero-order chi connectivity index (χ0) is 28.8. The molecule has 41 heavy (non-hydrogen) atoms. The molecular formula is C33H34ClN3O3S. The third-order valence-corrected chi connectivity index (χ3v) is 9.44. The molecule has 6 nitrogen and oxygen atoms in total. The second kappa shape index (κ2) is 12.9. The van der Waals surface area contributed by atoms with Crippen molar-refractivity contribution in [3.63, 3.8) is 0 Å². The maximum absolute atomic E-state index is 14.0. The number of para-hydroxylation sites is 1. The fraction of sp³-hybridized carbons (Fsp3) is 0.242. The molecule has 0 aromatic heterocycles. The molecule has 4 aromatic carbocycles. The molecule has 0 bridgehead atoms. The lowest BCUT2D eigenvalue weighted by Gasteiger charge is -2.27. The van der Waals surface area contributed by atoms with E-state index in [1.54, 1.807) is 72.8 Å². The average molecular weight is 588 g/mol. The van der Waals surface area contributed by atoms with Gasteiger partial charge in [-0.3, -0.25) is 14.0 Å². The number of anilines is 1. The van der Waals surface area contributed by atoms with E-state index in [0.717, 1.165) is 36.3 Å². The van der Waals surface area contributed by atoms with Crippen molar-refractivity contribution < 1.29 is 13.2 Å². The van der Waals surface area contributed by atoms with Gasteiger partial charge < -0.3 is 5.32 Å². The molecule has 0 saturated carbocycles. The third kappa shape index (κ3) is 6.99. The summed E-state index contributed by atoms with van der Waals surface area (Å²) < 4.78 is 29.4. The number of rotatable bonds is 10. The van der Waals surface area contributed by atoms with Crippen molar-refractivity contribution in [2.75, 3.05) is 17.4 Å². The molecule has 1 aliphatic rings. The molecule has 1 aliphatic heterocycles. The summed E-state index contributed by atoms with van der Waals surface area (Å²) in [6, 6.07) is 28.8. The van der Waals surface area contributed by atoms with Crippen LogP contribution in [0.2, 0.25) is 5.02 Å². The van der Waals surface area contributed by atoms with Crippen molar-refractivity contribution in [1.29, 1.82) is 0 Å². The number of likely N-dealkylation sites (tertiary alicyclic amines) is 1. The van der Waals surface area contributed by atoms with E-state index in [-0.39, 0.29) is 22.9 Å². The molecule has 1 amide bonds. The third-order valence-electron chi connectivity index (χ3n) is 7.42. The lowest BCUT2D eigenvalue weighted by molar-refractivity contribution is 0.0951. The van der Waals surface area contributed by atoms with Crippen LogP contribution in [0, 0.1) is 6.92 Å². The van der Waals surface area contributed by atoms with Gasteiger partial charge in [-0.25, -0.2) is 8.42 Å². The summed E-state index contributed by atoms with van der Waals surface area (Å²) in [4.78, 5) is 16.2. The Bertz CT molecular complexity index is 1600. The molecule has 8 heteroatoms. The lowest BCUT2D eigenvalue weighted by Crippen LogP contribution is -2.33. The largest absolute Gasteiger partial charge is 0.348 e. The number of carbonyl (C=O) groups excluding carboxylic acids is 1. The van der Waals surface area contributed by atoms with Gasteiger partial charge >= 0.3 is 0 Å². The van der Waals surface area contributed by atoms with Gasteiger partial charge in [-0.1, -0.05) is 77.8 Å². The number of nitrogens with one attached hydrogen (secondary N) is 1. The summed E-state index contributed by atoms with van der Waals surface area (Å²) >= 11 is 6.09. The van der Waals surface area contributed by atoms with Gasteiger partial charge in [-0.05, 0) is 85.9 Å². The Balaban J connectivity index is 1.45. The molecule has 212 valence electrons. The van der Waals surface area contributed by atoms with E-state index < -0.39 is 10.0 Å². The maximum Gasteiger partial charge on any atom is 0.264 e. The minimum absolute atomic E-state index is 0.0380. The van der Waals surface area contributed by atoms with Gasteiger partial charge in [0, 0.05) is 18.1 Å². The summed E-state index contributed by atoms with van der Waals surface area (Å²) in [7, 11) is -4.01.